The molecule has 0 bridgehead atoms. The van der Waals surface area contributed by atoms with E-state index < -0.39 is 0 Å². The van der Waals surface area contributed by atoms with E-state index in [0.717, 1.165) is 24.4 Å². The van der Waals surface area contributed by atoms with E-state index in [4.69, 9.17) is 0 Å². The van der Waals surface area contributed by atoms with E-state index >= 15 is 0 Å². The zero-order chi connectivity index (χ0) is 15.4. The average Bonchev–Trinajstić information content (AvgIpc) is 3.15. The lowest BCUT2D eigenvalue weighted by Gasteiger charge is -2.09. The van der Waals surface area contributed by atoms with Crippen molar-refractivity contribution >= 4 is 16.9 Å². The minimum atomic E-state index is 0.199. The van der Waals surface area contributed by atoms with Gasteiger partial charge in [0.2, 0.25) is 5.91 Å². The molecule has 0 atom stereocenters. The predicted octanol–water partition coefficient (Wildman–Crippen LogP) is 3.20. The molecule has 0 radical (unpaired) electrons. The van der Waals surface area contributed by atoms with Gasteiger partial charge in [-0.3, -0.25) is 4.79 Å². The van der Waals surface area contributed by atoms with Gasteiger partial charge in [-0.2, -0.15) is 0 Å². The second-order valence-corrected chi connectivity index (χ2v) is 6.43. The fourth-order valence-corrected chi connectivity index (χ4v) is 3.55. The van der Waals surface area contributed by atoms with Crippen molar-refractivity contribution in [3.05, 3.63) is 30.1 Å². The molecule has 1 aliphatic carbocycles. The van der Waals surface area contributed by atoms with Gasteiger partial charge in [0, 0.05) is 37.8 Å². The molecule has 1 fully saturated rings. The van der Waals surface area contributed by atoms with E-state index in [1.165, 1.54) is 36.6 Å². The fraction of sp³-hybridized carbons (Fsp3) is 0.556. The Labute approximate surface area is 131 Å². The van der Waals surface area contributed by atoms with Gasteiger partial charge in [-0.15, -0.1) is 0 Å². The first-order valence-corrected chi connectivity index (χ1v) is 8.39. The Kier molecular flexibility index (Phi) is 4.76. The van der Waals surface area contributed by atoms with Crippen LogP contribution < -0.4 is 5.32 Å². The average molecular weight is 299 g/mol. The van der Waals surface area contributed by atoms with Gasteiger partial charge >= 0.3 is 0 Å². The maximum atomic E-state index is 11.9. The van der Waals surface area contributed by atoms with Crippen molar-refractivity contribution in [3.63, 3.8) is 0 Å². The van der Waals surface area contributed by atoms with Crippen LogP contribution >= 0.6 is 0 Å². The number of hydrogen-bond donors (Lipinski definition) is 1. The molecular formula is C18H25N3O. The minimum Gasteiger partial charge on any atom is -0.356 e. The molecule has 0 unspecified atom stereocenters. The Balaban J connectivity index is 1.46. The number of aromatic nitrogens is 2. The number of hydrogen-bond acceptors (Lipinski definition) is 2. The van der Waals surface area contributed by atoms with Crippen molar-refractivity contribution in [2.75, 3.05) is 6.54 Å². The number of carbonyl (C=O) groups excluding carboxylic acids is 1. The monoisotopic (exact) mass is 299 g/mol. The molecule has 2 heterocycles. The van der Waals surface area contributed by atoms with Crippen molar-refractivity contribution in [1.82, 2.24) is 14.9 Å². The van der Waals surface area contributed by atoms with Gasteiger partial charge < -0.3 is 9.88 Å². The van der Waals surface area contributed by atoms with E-state index in [1.807, 2.05) is 23.9 Å². The van der Waals surface area contributed by atoms with Crippen molar-refractivity contribution in [2.45, 2.75) is 44.9 Å². The van der Waals surface area contributed by atoms with E-state index in [9.17, 15) is 4.79 Å². The molecule has 1 N–H and O–H groups in total. The zero-order valence-electron chi connectivity index (χ0n) is 13.3. The van der Waals surface area contributed by atoms with Crippen LogP contribution in [0.2, 0.25) is 0 Å². The minimum absolute atomic E-state index is 0.199. The first kappa shape index (κ1) is 15.1. The molecule has 1 amide bonds. The van der Waals surface area contributed by atoms with Gasteiger partial charge in [-0.25, -0.2) is 4.98 Å². The maximum Gasteiger partial charge on any atom is 0.220 e. The Morgan fingerprint density at radius 2 is 2.23 bits per heavy atom. The smallest absolute Gasteiger partial charge is 0.220 e. The topological polar surface area (TPSA) is 46.9 Å². The maximum absolute atomic E-state index is 11.9. The van der Waals surface area contributed by atoms with Gasteiger partial charge in [0.05, 0.1) is 0 Å². The van der Waals surface area contributed by atoms with Crippen LogP contribution in [0.4, 0.5) is 0 Å². The number of amides is 1. The molecule has 1 aliphatic rings. The summed E-state index contributed by atoms with van der Waals surface area (Å²) in [6.45, 7) is 0.706. The van der Waals surface area contributed by atoms with Gasteiger partial charge in [-0.05, 0) is 36.5 Å². The largest absolute Gasteiger partial charge is 0.356 e. The van der Waals surface area contributed by atoms with E-state index in [-0.39, 0.29) is 5.91 Å². The number of rotatable bonds is 6. The van der Waals surface area contributed by atoms with Crippen LogP contribution in [0.25, 0.3) is 11.0 Å². The van der Waals surface area contributed by atoms with E-state index in [2.05, 4.69) is 22.6 Å². The summed E-state index contributed by atoms with van der Waals surface area (Å²) in [5, 5.41) is 4.25. The van der Waals surface area contributed by atoms with Crippen molar-refractivity contribution in [3.8, 4) is 0 Å². The highest BCUT2D eigenvalue weighted by molar-refractivity contribution is 5.80. The first-order chi connectivity index (χ1) is 10.7. The Morgan fingerprint density at radius 3 is 3.05 bits per heavy atom. The lowest BCUT2D eigenvalue weighted by Crippen LogP contribution is -2.25. The summed E-state index contributed by atoms with van der Waals surface area (Å²) < 4.78 is 2.05. The van der Waals surface area contributed by atoms with Crippen LogP contribution in [0.1, 0.15) is 44.1 Å². The molecule has 2 aromatic rings. The number of nitrogens with one attached hydrogen (secondary N) is 1. The summed E-state index contributed by atoms with van der Waals surface area (Å²) in [6.07, 6.45) is 11.9. The number of fused-ring (bicyclic) bond motifs is 1. The SMILES string of the molecule is Cn1cc(CCNC(=O)CCC2CCCC2)c2cccnc21. The molecule has 2 aromatic heterocycles. The summed E-state index contributed by atoms with van der Waals surface area (Å²) in [5.41, 5.74) is 2.26. The molecule has 118 valence electrons. The first-order valence-electron chi connectivity index (χ1n) is 8.39. The van der Waals surface area contributed by atoms with Gasteiger partial charge in [-0.1, -0.05) is 25.7 Å². The predicted molar refractivity (Wildman–Crippen MR) is 88.6 cm³/mol. The molecule has 0 saturated heterocycles. The summed E-state index contributed by atoms with van der Waals surface area (Å²) in [5.74, 6) is 0.986. The molecule has 0 spiro atoms. The highest BCUT2D eigenvalue weighted by Gasteiger charge is 2.16. The number of carbonyl (C=O) groups is 1. The standard InChI is InChI=1S/C18H25N3O/c1-21-13-15(16-7-4-11-20-18(16)21)10-12-19-17(22)9-8-14-5-2-3-6-14/h4,7,11,13-14H,2-3,5-6,8-10,12H2,1H3,(H,19,22). The quantitative estimate of drug-likeness (QED) is 0.890. The van der Waals surface area contributed by atoms with Crippen LogP contribution in [-0.4, -0.2) is 22.0 Å². The molecule has 0 aliphatic heterocycles. The van der Waals surface area contributed by atoms with Crippen molar-refractivity contribution < 1.29 is 4.79 Å². The highest BCUT2D eigenvalue weighted by atomic mass is 16.1. The summed E-state index contributed by atoms with van der Waals surface area (Å²) in [7, 11) is 2.01. The van der Waals surface area contributed by atoms with Gasteiger partial charge in [0.25, 0.3) is 0 Å². The second kappa shape index (κ2) is 6.95. The third-order valence-corrected chi connectivity index (χ3v) is 4.79. The normalized spacial score (nSPS) is 15.5. The lowest BCUT2D eigenvalue weighted by atomic mass is 10.0. The molecule has 4 nitrogen and oxygen atoms in total. The highest BCUT2D eigenvalue weighted by Crippen LogP contribution is 2.28. The van der Waals surface area contributed by atoms with Crippen LogP contribution in [0.3, 0.4) is 0 Å². The third kappa shape index (κ3) is 3.49. The lowest BCUT2D eigenvalue weighted by molar-refractivity contribution is -0.121. The molecule has 22 heavy (non-hydrogen) atoms. The zero-order valence-corrected chi connectivity index (χ0v) is 13.3. The number of aryl methyl sites for hydroxylation is 1. The molecule has 1 saturated carbocycles. The van der Waals surface area contributed by atoms with Crippen molar-refractivity contribution in [2.24, 2.45) is 13.0 Å². The van der Waals surface area contributed by atoms with Crippen LogP contribution in [0, 0.1) is 5.92 Å². The molecule has 0 aromatic carbocycles. The van der Waals surface area contributed by atoms with Gasteiger partial charge in [0.15, 0.2) is 0 Å². The van der Waals surface area contributed by atoms with Crippen LogP contribution in [-0.2, 0) is 18.3 Å². The Morgan fingerprint density at radius 1 is 1.41 bits per heavy atom. The van der Waals surface area contributed by atoms with E-state index in [0.29, 0.717) is 13.0 Å². The second-order valence-electron chi connectivity index (χ2n) is 6.43. The summed E-state index contributed by atoms with van der Waals surface area (Å²) in [4.78, 5) is 16.3. The number of pyridine rings is 1. The summed E-state index contributed by atoms with van der Waals surface area (Å²) >= 11 is 0. The third-order valence-electron chi connectivity index (χ3n) is 4.79. The van der Waals surface area contributed by atoms with Crippen LogP contribution in [0.15, 0.2) is 24.5 Å². The van der Waals surface area contributed by atoms with Crippen LogP contribution in [0.5, 0.6) is 0 Å². The molecule has 3 rings (SSSR count). The summed E-state index contributed by atoms with van der Waals surface area (Å²) in [6, 6.07) is 4.06. The Bertz CT molecular complexity index is 641. The Hall–Kier alpha value is -1.84. The van der Waals surface area contributed by atoms with E-state index in [1.54, 1.807) is 0 Å². The van der Waals surface area contributed by atoms with Gasteiger partial charge in [0.1, 0.15) is 5.65 Å². The molecule has 4 heteroatoms. The van der Waals surface area contributed by atoms with Crippen molar-refractivity contribution in [1.29, 1.82) is 0 Å². The fourth-order valence-electron chi connectivity index (χ4n) is 3.55. The number of nitrogens with zero attached hydrogens (tertiary/aromatic N) is 2. The molecular weight excluding hydrogens is 274 g/mol.